The van der Waals surface area contributed by atoms with Crippen LogP contribution < -0.4 is 5.32 Å². The summed E-state index contributed by atoms with van der Waals surface area (Å²) < 4.78 is 5.20. The molecule has 0 aromatic carbocycles. The zero-order chi connectivity index (χ0) is 12.7. The van der Waals surface area contributed by atoms with Crippen LogP contribution in [0.4, 0.5) is 0 Å². The molecule has 1 aliphatic heterocycles. The normalized spacial score (nSPS) is 28.6. The molecule has 1 saturated heterocycles. The van der Waals surface area contributed by atoms with E-state index in [0.29, 0.717) is 17.7 Å². The van der Waals surface area contributed by atoms with Crippen LogP contribution in [-0.2, 0) is 0 Å². The molecular formula is C13H19N3O2. The molecule has 2 unspecified atom stereocenters. The quantitative estimate of drug-likeness (QED) is 0.879. The standard InChI is InChI=1S/C13H19N3O2/c1-8-5-10(7-16(8)2)14-13(17)11-6-12(18-15-11)9-3-4-9/h6,8-10H,3-5,7H2,1-2H3,(H,14,17). The Bertz CT molecular complexity index is 443. The van der Waals surface area contributed by atoms with E-state index in [1.165, 1.54) is 0 Å². The number of carbonyl (C=O) groups is 1. The third-order valence-corrected chi connectivity index (χ3v) is 3.96. The van der Waals surface area contributed by atoms with Gasteiger partial charge >= 0.3 is 0 Å². The molecular weight excluding hydrogens is 230 g/mol. The first kappa shape index (κ1) is 11.7. The SMILES string of the molecule is CC1CC(NC(=O)c2cc(C3CC3)on2)CN1C. The number of amides is 1. The first-order valence-electron chi connectivity index (χ1n) is 6.61. The van der Waals surface area contributed by atoms with Gasteiger partial charge in [0.15, 0.2) is 5.69 Å². The second kappa shape index (κ2) is 4.39. The Balaban J connectivity index is 1.60. The average molecular weight is 249 g/mol. The van der Waals surface area contributed by atoms with Gasteiger partial charge in [0.2, 0.25) is 0 Å². The predicted octanol–water partition coefficient (Wildman–Crippen LogP) is 1.37. The molecule has 1 amide bonds. The largest absolute Gasteiger partial charge is 0.360 e. The monoisotopic (exact) mass is 249 g/mol. The number of hydrogen-bond acceptors (Lipinski definition) is 4. The van der Waals surface area contributed by atoms with E-state index in [0.717, 1.165) is 31.6 Å². The fraction of sp³-hybridized carbons (Fsp3) is 0.692. The van der Waals surface area contributed by atoms with Gasteiger partial charge in [-0.15, -0.1) is 0 Å². The summed E-state index contributed by atoms with van der Waals surface area (Å²) in [6.45, 7) is 3.08. The summed E-state index contributed by atoms with van der Waals surface area (Å²) in [5.41, 5.74) is 0.416. The number of likely N-dealkylation sites (N-methyl/N-ethyl adjacent to an activating group) is 1. The number of rotatable bonds is 3. The molecule has 3 rings (SSSR count). The highest BCUT2D eigenvalue weighted by molar-refractivity contribution is 5.92. The summed E-state index contributed by atoms with van der Waals surface area (Å²) in [4.78, 5) is 14.3. The van der Waals surface area contributed by atoms with Gasteiger partial charge in [-0.2, -0.15) is 0 Å². The van der Waals surface area contributed by atoms with E-state index in [4.69, 9.17) is 4.52 Å². The maximum atomic E-state index is 12.0. The van der Waals surface area contributed by atoms with Gasteiger partial charge in [-0.25, -0.2) is 0 Å². The van der Waals surface area contributed by atoms with E-state index in [1.54, 1.807) is 6.07 Å². The van der Waals surface area contributed by atoms with Crippen LogP contribution in [-0.4, -0.2) is 41.6 Å². The Labute approximate surface area is 107 Å². The second-order valence-corrected chi connectivity index (χ2v) is 5.58. The predicted molar refractivity (Wildman–Crippen MR) is 66.4 cm³/mol. The van der Waals surface area contributed by atoms with Crippen LogP contribution in [0.25, 0.3) is 0 Å². The lowest BCUT2D eigenvalue weighted by Crippen LogP contribution is -2.36. The molecule has 1 aromatic heterocycles. The molecule has 2 heterocycles. The fourth-order valence-corrected chi connectivity index (χ4v) is 2.51. The lowest BCUT2D eigenvalue weighted by molar-refractivity contribution is 0.0929. The number of carbonyl (C=O) groups excluding carboxylic acids is 1. The van der Waals surface area contributed by atoms with Crippen molar-refractivity contribution in [1.82, 2.24) is 15.4 Å². The zero-order valence-electron chi connectivity index (χ0n) is 10.8. The van der Waals surface area contributed by atoms with E-state index in [-0.39, 0.29) is 11.9 Å². The molecule has 0 spiro atoms. The molecule has 2 aliphatic rings. The molecule has 18 heavy (non-hydrogen) atoms. The van der Waals surface area contributed by atoms with Gasteiger partial charge in [0.05, 0.1) is 0 Å². The molecule has 1 aromatic rings. The van der Waals surface area contributed by atoms with Crippen molar-refractivity contribution in [3.8, 4) is 0 Å². The van der Waals surface area contributed by atoms with Crippen molar-refractivity contribution in [2.24, 2.45) is 0 Å². The Morgan fingerprint density at radius 3 is 2.94 bits per heavy atom. The summed E-state index contributed by atoms with van der Waals surface area (Å²) in [5.74, 6) is 1.24. The van der Waals surface area contributed by atoms with Crippen LogP contribution in [0.1, 0.15) is 48.4 Å². The lowest BCUT2D eigenvalue weighted by atomic mass is 10.2. The third kappa shape index (κ3) is 2.27. The van der Waals surface area contributed by atoms with Crippen molar-refractivity contribution in [3.63, 3.8) is 0 Å². The number of nitrogens with one attached hydrogen (secondary N) is 1. The van der Waals surface area contributed by atoms with Crippen molar-refractivity contribution < 1.29 is 9.32 Å². The Morgan fingerprint density at radius 1 is 1.56 bits per heavy atom. The molecule has 1 saturated carbocycles. The van der Waals surface area contributed by atoms with Gasteiger partial charge in [0, 0.05) is 30.6 Å². The van der Waals surface area contributed by atoms with Crippen LogP contribution in [0.2, 0.25) is 0 Å². The minimum atomic E-state index is -0.113. The highest BCUT2D eigenvalue weighted by Gasteiger charge is 2.31. The van der Waals surface area contributed by atoms with Gasteiger partial charge in [0.25, 0.3) is 5.91 Å². The minimum Gasteiger partial charge on any atom is -0.360 e. The van der Waals surface area contributed by atoms with Crippen molar-refractivity contribution in [2.45, 2.75) is 44.2 Å². The molecule has 5 nitrogen and oxygen atoms in total. The highest BCUT2D eigenvalue weighted by Crippen LogP contribution is 2.40. The van der Waals surface area contributed by atoms with Gasteiger partial charge in [-0.1, -0.05) is 5.16 Å². The molecule has 2 fully saturated rings. The first-order valence-corrected chi connectivity index (χ1v) is 6.61. The number of aromatic nitrogens is 1. The lowest BCUT2D eigenvalue weighted by Gasteiger charge is -2.12. The molecule has 1 N–H and O–H groups in total. The third-order valence-electron chi connectivity index (χ3n) is 3.96. The van der Waals surface area contributed by atoms with Crippen molar-refractivity contribution >= 4 is 5.91 Å². The minimum absolute atomic E-state index is 0.113. The Hall–Kier alpha value is -1.36. The van der Waals surface area contributed by atoms with Gasteiger partial charge < -0.3 is 14.7 Å². The topological polar surface area (TPSA) is 58.4 Å². The molecule has 0 bridgehead atoms. The van der Waals surface area contributed by atoms with Gasteiger partial charge in [-0.05, 0) is 33.2 Å². The Kier molecular flexibility index (Phi) is 2.86. The van der Waals surface area contributed by atoms with Gasteiger partial charge in [-0.3, -0.25) is 4.79 Å². The number of hydrogen-bond donors (Lipinski definition) is 1. The smallest absolute Gasteiger partial charge is 0.273 e. The van der Waals surface area contributed by atoms with Crippen LogP contribution in [0, 0.1) is 0 Å². The number of nitrogens with zero attached hydrogens (tertiary/aromatic N) is 2. The molecule has 2 atom stereocenters. The average Bonchev–Trinajstić information content (AvgIpc) is 2.97. The van der Waals surface area contributed by atoms with Crippen molar-refractivity contribution in [1.29, 1.82) is 0 Å². The maximum absolute atomic E-state index is 12.0. The van der Waals surface area contributed by atoms with E-state index in [9.17, 15) is 4.79 Å². The fourth-order valence-electron chi connectivity index (χ4n) is 2.51. The second-order valence-electron chi connectivity index (χ2n) is 5.58. The molecule has 5 heteroatoms. The van der Waals surface area contributed by atoms with Crippen LogP contribution >= 0.6 is 0 Å². The highest BCUT2D eigenvalue weighted by atomic mass is 16.5. The van der Waals surface area contributed by atoms with E-state index in [2.05, 4.69) is 29.3 Å². The maximum Gasteiger partial charge on any atom is 0.273 e. The van der Waals surface area contributed by atoms with E-state index in [1.807, 2.05) is 0 Å². The van der Waals surface area contributed by atoms with Crippen molar-refractivity contribution in [3.05, 3.63) is 17.5 Å². The van der Waals surface area contributed by atoms with Gasteiger partial charge in [0.1, 0.15) is 5.76 Å². The van der Waals surface area contributed by atoms with Crippen LogP contribution in [0.3, 0.4) is 0 Å². The Morgan fingerprint density at radius 2 is 2.33 bits per heavy atom. The summed E-state index contributed by atoms with van der Waals surface area (Å²) in [6.07, 6.45) is 3.30. The van der Waals surface area contributed by atoms with Crippen molar-refractivity contribution in [2.75, 3.05) is 13.6 Å². The van der Waals surface area contributed by atoms with Crippen LogP contribution in [0.15, 0.2) is 10.6 Å². The van der Waals surface area contributed by atoms with E-state index >= 15 is 0 Å². The summed E-state index contributed by atoms with van der Waals surface area (Å²) in [5, 5.41) is 6.88. The summed E-state index contributed by atoms with van der Waals surface area (Å²) >= 11 is 0. The molecule has 98 valence electrons. The molecule has 0 radical (unpaired) electrons. The summed E-state index contributed by atoms with van der Waals surface area (Å²) in [7, 11) is 2.08. The first-order chi connectivity index (χ1) is 8.63. The van der Waals surface area contributed by atoms with E-state index < -0.39 is 0 Å². The molecule has 1 aliphatic carbocycles. The number of likely N-dealkylation sites (tertiary alicyclic amines) is 1. The van der Waals surface area contributed by atoms with Crippen LogP contribution in [0.5, 0.6) is 0 Å². The zero-order valence-corrected chi connectivity index (χ0v) is 10.8. The summed E-state index contributed by atoms with van der Waals surface area (Å²) in [6, 6.07) is 2.53.